The van der Waals surface area contributed by atoms with Crippen molar-refractivity contribution in [2.45, 2.75) is 63.4 Å². The van der Waals surface area contributed by atoms with Crippen LogP contribution in [-0.2, 0) is 16.4 Å². The third-order valence-corrected chi connectivity index (χ3v) is 5.44. The molecule has 0 radical (unpaired) electrons. The summed E-state index contributed by atoms with van der Waals surface area (Å²) in [6, 6.07) is 0.551. The number of sulfone groups is 1. The lowest BCUT2D eigenvalue weighted by Crippen LogP contribution is -2.29. The Kier molecular flexibility index (Phi) is 4.80. The predicted molar refractivity (Wildman–Crippen MR) is 78.1 cm³/mol. The minimum Gasteiger partial charge on any atom is -0.308 e. The Bertz CT molecular complexity index is 538. The summed E-state index contributed by atoms with van der Waals surface area (Å²) >= 11 is 0. The van der Waals surface area contributed by atoms with E-state index in [2.05, 4.69) is 29.2 Å². The van der Waals surface area contributed by atoms with E-state index in [4.69, 9.17) is 0 Å². The minimum atomic E-state index is -2.96. The Labute approximate surface area is 120 Å². The van der Waals surface area contributed by atoms with E-state index < -0.39 is 9.84 Å². The van der Waals surface area contributed by atoms with Gasteiger partial charge in [0.2, 0.25) is 0 Å². The topological polar surface area (TPSA) is 76.9 Å². The predicted octanol–water partition coefficient (Wildman–Crippen LogP) is 1.30. The number of aromatic nitrogens is 3. The second-order valence-electron chi connectivity index (χ2n) is 5.95. The normalized spacial score (nSPS) is 24.2. The van der Waals surface area contributed by atoms with Crippen molar-refractivity contribution < 1.29 is 8.42 Å². The quantitative estimate of drug-likeness (QED) is 0.887. The zero-order chi connectivity index (χ0) is 14.8. The maximum atomic E-state index is 11.7. The molecule has 6 nitrogen and oxygen atoms in total. The molecule has 2 unspecified atom stereocenters. The van der Waals surface area contributed by atoms with E-state index in [9.17, 15) is 8.42 Å². The van der Waals surface area contributed by atoms with E-state index in [-0.39, 0.29) is 11.3 Å². The van der Waals surface area contributed by atoms with Crippen molar-refractivity contribution in [3.8, 4) is 0 Å². The lowest BCUT2D eigenvalue weighted by molar-refractivity contribution is 0.327. The lowest BCUT2D eigenvalue weighted by Gasteiger charge is -2.27. The Balaban J connectivity index is 2.01. The minimum absolute atomic E-state index is 0.156. The standard InChI is InChI=1S/C13H24N4O2S/c1-10(2)14-8-13-15-9-17(16-13)11-5-4-6-12(7-11)20(3,18)19/h9-12,14H,4-8H2,1-3H3. The van der Waals surface area contributed by atoms with Crippen LogP contribution in [0.4, 0.5) is 0 Å². The van der Waals surface area contributed by atoms with Crippen molar-refractivity contribution in [3.63, 3.8) is 0 Å². The van der Waals surface area contributed by atoms with Crippen molar-refractivity contribution in [2.75, 3.05) is 6.26 Å². The van der Waals surface area contributed by atoms with Gasteiger partial charge in [-0.2, -0.15) is 5.10 Å². The van der Waals surface area contributed by atoms with Crippen LogP contribution in [0.2, 0.25) is 0 Å². The SMILES string of the molecule is CC(C)NCc1ncn(C2CCCC(S(C)(=O)=O)C2)n1. The molecule has 114 valence electrons. The summed E-state index contributed by atoms with van der Waals surface area (Å²) in [7, 11) is -2.96. The molecule has 1 saturated carbocycles. The van der Waals surface area contributed by atoms with Crippen molar-refractivity contribution in [2.24, 2.45) is 0 Å². The van der Waals surface area contributed by atoms with Crippen molar-refractivity contribution in [1.82, 2.24) is 20.1 Å². The summed E-state index contributed by atoms with van der Waals surface area (Å²) in [5, 5.41) is 7.51. The highest BCUT2D eigenvalue weighted by Gasteiger charge is 2.30. The van der Waals surface area contributed by atoms with Gasteiger partial charge in [0.25, 0.3) is 0 Å². The van der Waals surface area contributed by atoms with Crippen LogP contribution in [0.3, 0.4) is 0 Å². The zero-order valence-electron chi connectivity index (χ0n) is 12.4. The van der Waals surface area contributed by atoms with Gasteiger partial charge in [0.05, 0.1) is 17.8 Å². The van der Waals surface area contributed by atoms with Crippen LogP contribution in [0.1, 0.15) is 51.4 Å². The van der Waals surface area contributed by atoms with Gasteiger partial charge in [-0.3, -0.25) is 0 Å². The molecule has 1 fully saturated rings. The van der Waals surface area contributed by atoms with E-state index in [1.54, 1.807) is 6.33 Å². The number of hydrogen-bond acceptors (Lipinski definition) is 5. The van der Waals surface area contributed by atoms with E-state index in [0.29, 0.717) is 19.0 Å². The first-order chi connectivity index (χ1) is 9.36. The molecule has 0 spiro atoms. The first kappa shape index (κ1) is 15.4. The molecule has 20 heavy (non-hydrogen) atoms. The first-order valence-electron chi connectivity index (χ1n) is 7.18. The van der Waals surface area contributed by atoms with Crippen LogP contribution in [-0.4, -0.2) is 40.7 Å². The van der Waals surface area contributed by atoms with Gasteiger partial charge in [-0.15, -0.1) is 0 Å². The van der Waals surface area contributed by atoms with Gasteiger partial charge in [-0.05, 0) is 19.3 Å². The van der Waals surface area contributed by atoms with Gasteiger partial charge in [0.1, 0.15) is 16.2 Å². The molecule has 1 aromatic heterocycles. The second kappa shape index (κ2) is 6.22. The van der Waals surface area contributed by atoms with Crippen LogP contribution in [0, 0.1) is 0 Å². The molecule has 1 N–H and O–H groups in total. The van der Waals surface area contributed by atoms with Crippen molar-refractivity contribution in [1.29, 1.82) is 0 Å². The number of nitrogens with zero attached hydrogens (tertiary/aromatic N) is 3. The molecule has 0 amide bonds. The Hall–Kier alpha value is -0.950. The Morgan fingerprint density at radius 2 is 2.20 bits per heavy atom. The van der Waals surface area contributed by atoms with Crippen LogP contribution >= 0.6 is 0 Å². The molecule has 1 aliphatic rings. The Morgan fingerprint density at radius 1 is 1.45 bits per heavy atom. The molecule has 7 heteroatoms. The highest BCUT2D eigenvalue weighted by atomic mass is 32.2. The highest BCUT2D eigenvalue weighted by molar-refractivity contribution is 7.91. The molecule has 2 rings (SSSR count). The number of nitrogens with one attached hydrogen (secondary N) is 1. The smallest absolute Gasteiger partial charge is 0.164 e. The molecule has 0 aromatic carbocycles. The third-order valence-electron chi connectivity index (χ3n) is 3.80. The van der Waals surface area contributed by atoms with Gasteiger partial charge in [0, 0.05) is 12.3 Å². The summed E-state index contributed by atoms with van der Waals surface area (Å²) in [6.45, 7) is 4.80. The van der Waals surface area contributed by atoms with Crippen LogP contribution in [0.5, 0.6) is 0 Å². The fourth-order valence-electron chi connectivity index (χ4n) is 2.61. The van der Waals surface area contributed by atoms with Gasteiger partial charge in [0.15, 0.2) is 5.82 Å². The summed E-state index contributed by atoms with van der Waals surface area (Å²) < 4.78 is 25.2. The molecular weight excluding hydrogens is 276 g/mol. The van der Waals surface area contributed by atoms with Gasteiger partial charge < -0.3 is 5.32 Å². The molecule has 0 aliphatic heterocycles. The maximum absolute atomic E-state index is 11.7. The number of hydrogen-bond donors (Lipinski definition) is 1. The molecule has 1 aliphatic carbocycles. The maximum Gasteiger partial charge on any atom is 0.164 e. The molecule has 0 bridgehead atoms. The average Bonchev–Trinajstić information content (AvgIpc) is 2.84. The van der Waals surface area contributed by atoms with Crippen LogP contribution in [0.25, 0.3) is 0 Å². The molecule has 2 atom stereocenters. The van der Waals surface area contributed by atoms with Crippen LogP contribution in [0.15, 0.2) is 6.33 Å². The molecule has 1 heterocycles. The fourth-order valence-corrected chi connectivity index (χ4v) is 3.78. The monoisotopic (exact) mass is 300 g/mol. The summed E-state index contributed by atoms with van der Waals surface area (Å²) in [5.74, 6) is 0.764. The van der Waals surface area contributed by atoms with E-state index in [0.717, 1.165) is 25.1 Å². The van der Waals surface area contributed by atoms with Crippen molar-refractivity contribution in [3.05, 3.63) is 12.2 Å². The highest BCUT2D eigenvalue weighted by Crippen LogP contribution is 2.31. The van der Waals surface area contributed by atoms with Gasteiger partial charge in [-0.25, -0.2) is 18.1 Å². The summed E-state index contributed by atoms with van der Waals surface area (Å²) in [6.07, 6.45) is 6.39. The van der Waals surface area contributed by atoms with Crippen LogP contribution < -0.4 is 5.32 Å². The molecule has 1 aromatic rings. The summed E-state index contributed by atoms with van der Waals surface area (Å²) in [5.41, 5.74) is 0. The second-order valence-corrected chi connectivity index (χ2v) is 8.27. The molecule has 0 saturated heterocycles. The van der Waals surface area contributed by atoms with Gasteiger partial charge in [-0.1, -0.05) is 20.3 Å². The van der Waals surface area contributed by atoms with Crippen molar-refractivity contribution >= 4 is 9.84 Å². The third kappa shape index (κ3) is 4.02. The lowest BCUT2D eigenvalue weighted by atomic mass is 9.95. The van der Waals surface area contributed by atoms with E-state index in [1.807, 2.05) is 4.68 Å². The molecular formula is C13H24N4O2S. The summed E-state index contributed by atoms with van der Waals surface area (Å²) in [4.78, 5) is 4.29. The van der Waals surface area contributed by atoms with E-state index >= 15 is 0 Å². The average molecular weight is 300 g/mol. The van der Waals surface area contributed by atoms with E-state index in [1.165, 1.54) is 6.26 Å². The Morgan fingerprint density at radius 3 is 2.85 bits per heavy atom. The fraction of sp³-hybridized carbons (Fsp3) is 0.846. The zero-order valence-corrected chi connectivity index (χ0v) is 13.2. The largest absolute Gasteiger partial charge is 0.308 e. The number of rotatable bonds is 5. The first-order valence-corrected chi connectivity index (χ1v) is 9.14. The van der Waals surface area contributed by atoms with Gasteiger partial charge >= 0.3 is 0 Å².